The van der Waals surface area contributed by atoms with Crippen LogP contribution in [0.5, 0.6) is 5.75 Å². The monoisotopic (exact) mass is 229 g/mol. The molecule has 0 fully saturated rings. The maximum atomic E-state index is 5.25. The normalized spacial score (nSPS) is 8.93. The molecule has 0 heterocycles. The highest BCUT2D eigenvalue weighted by Crippen LogP contribution is 2.16. The van der Waals surface area contributed by atoms with Crippen molar-refractivity contribution in [3.63, 3.8) is 0 Å². The first-order valence-corrected chi connectivity index (χ1v) is 4.32. The summed E-state index contributed by atoms with van der Waals surface area (Å²) < 4.78 is 5.13. The minimum atomic E-state index is 0. The fraction of sp³-hybridized carbons (Fsp3) is 0.300. The lowest BCUT2D eigenvalue weighted by atomic mass is 10.1. The molecular weight excluding hydrogens is 214 g/mol. The lowest BCUT2D eigenvalue weighted by molar-refractivity contribution is 0.414. The van der Waals surface area contributed by atoms with Crippen LogP contribution in [0, 0.1) is 6.92 Å². The van der Waals surface area contributed by atoms with Crippen LogP contribution in [0.4, 0.5) is 0 Å². The molecular formula is C10H16ClN3O. The fourth-order valence-electron chi connectivity index (χ4n) is 1.22. The lowest BCUT2D eigenvalue weighted by Crippen LogP contribution is -2.22. The molecule has 4 N–H and O–H groups in total. The molecule has 0 saturated heterocycles. The lowest BCUT2D eigenvalue weighted by Gasteiger charge is -2.04. The first-order valence-electron chi connectivity index (χ1n) is 4.32. The maximum Gasteiger partial charge on any atom is 0.186 e. The quantitative estimate of drug-likeness (QED) is 0.604. The molecule has 0 radical (unpaired) electrons. The van der Waals surface area contributed by atoms with Crippen molar-refractivity contribution in [1.29, 1.82) is 0 Å². The molecule has 15 heavy (non-hydrogen) atoms. The van der Waals surface area contributed by atoms with Gasteiger partial charge in [0.05, 0.1) is 13.7 Å². The molecule has 0 spiro atoms. The van der Waals surface area contributed by atoms with Crippen molar-refractivity contribution < 1.29 is 4.74 Å². The number of halogens is 1. The van der Waals surface area contributed by atoms with E-state index in [0.29, 0.717) is 6.54 Å². The zero-order valence-corrected chi connectivity index (χ0v) is 9.67. The Morgan fingerprint density at radius 2 is 2.00 bits per heavy atom. The standard InChI is InChI=1S/C10H15N3O.ClH/c1-7-3-8(6-13-10(11)12)5-9(4-7)14-2;/h3-5H,6H2,1-2H3,(H4,11,12,13);1H. The van der Waals surface area contributed by atoms with Crippen molar-refractivity contribution in [3.05, 3.63) is 29.3 Å². The van der Waals surface area contributed by atoms with Gasteiger partial charge in [0, 0.05) is 0 Å². The SMILES string of the molecule is COc1cc(C)cc(CN=C(N)N)c1.Cl. The van der Waals surface area contributed by atoms with E-state index < -0.39 is 0 Å². The molecule has 0 bridgehead atoms. The van der Waals surface area contributed by atoms with Gasteiger partial charge in [-0.15, -0.1) is 12.4 Å². The Balaban J connectivity index is 0.00000196. The van der Waals surface area contributed by atoms with E-state index in [-0.39, 0.29) is 18.4 Å². The second-order valence-corrected chi connectivity index (χ2v) is 3.10. The Labute approximate surface area is 95.7 Å². The average molecular weight is 230 g/mol. The first kappa shape index (κ1) is 13.6. The van der Waals surface area contributed by atoms with Gasteiger partial charge in [-0.3, -0.25) is 0 Å². The van der Waals surface area contributed by atoms with Crippen LogP contribution in [0.2, 0.25) is 0 Å². The van der Waals surface area contributed by atoms with Crippen molar-refractivity contribution in [2.45, 2.75) is 13.5 Å². The summed E-state index contributed by atoms with van der Waals surface area (Å²) in [7, 11) is 1.64. The zero-order valence-electron chi connectivity index (χ0n) is 8.86. The number of hydrogen-bond donors (Lipinski definition) is 2. The molecule has 1 aromatic rings. The Bertz CT molecular complexity index is 349. The van der Waals surface area contributed by atoms with Crippen LogP contribution >= 0.6 is 12.4 Å². The molecule has 0 unspecified atom stereocenters. The van der Waals surface area contributed by atoms with E-state index in [9.17, 15) is 0 Å². The molecule has 1 aromatic carbocycles. The molecule has 0 aliphatic heterocycles. The van der Waals surface area contributed by atoms with Crippen molar-refractivity contribution in [3.8, 4) is 5.75 Å². The number of aliphatic imine (C=N–C) groups is 1. The van der Waals surface area contributed by atoms with E-state index in [1.165, 1.54) is 0 Å². The number of ether oxygens (including phenoxy) is 1. The molecule has 0 aliphatic rings. The molecule has 0 saturated carbocycles. The van der Waals surface area contributed by atoms with Gasteiger partial charge in [0.25, 0.3) is 0 Å². The predicted molar refractivity (Wildman–Crippen MR) is 64.5 cm³/mol. The topological polar surface area (TPSA) is 73.6 Å². The molecule has 0 aromatic heterocycles. The smallest absolute Gasteiger partial charge is 0.186 e. The summed E-state index contributed by atoms with van der Waals surface area (Å²) in [6.07, 6.45) is 0. The van der Waals surface area contributed by atoms with E-state index >= 15 is 0 Å². The highest BCUT2D eigenvalue weighted by Gasteiger charge is 1.97. The summed E-state index contributed by atoms with van der Waals surface area (Å²) in [6.45, 7) is 2.49. The number of guanidine groups is 1. The van der Waals surface area contributed by atoms with E-state index in [2.05, 4.69) is 4.99 Å². The number of aryl methyl sites for hydroxylation is 1. The highest BCUT2D eigenvalue weighted by molar-refractivity contribution is 5.85. The molecule has 0 atom stereocenters. The summed E-state index contributed by atoms with van der Waals surface area (Å²) in [5.74, 6) is 0.927. The third-order valence-electron chi connectivity index (χ3n) is 1.79. The van der Waals surface area contributed by atoms with Crippen LogP contribution in [-0.2, 0) is 6.54 Å². The zero-order chi connectivity index (χ0) is 10.6. The number of benzene rings is 1. The van der Waals surface area contributed by atoms with Crippen LogP contribution < -0.4 is 16.2 Å². The van der Waals surface area contributed by atoms with E-state index in [1.54, 1.807) is 7.11 Å². The fourth-order valence-corrected chi connectivity index (χ4v) is 1.22. The Morgan fingerprint density at radius 3 is 2.53 bits per heavy atom. The van der Waals surface area contributed by atoms with E-state index in [4.69, 9.17) is 16.2 Å². The van der Waals surface area contributed by atoms with Gasteiger partial charge < -0.3 is 16.2 Å². The van der Waals surface area contributed by atoms with Gasteiger partial charge in [-0.05, 0) is 30.2 Å². The van der Waals surface area contributed by atoms with Gasteiger partial charge in [0.1, 0.15) is 5.75 Å². The molecule has 84 valence electrons. The summed E-state index contributed by atoms with van der Waals surface area (Å²) in [5, 5.41) is 0. The van der Waals surface area contributed by atoms with Crippen LogP contribution in [0.3, 0.4) is 0 Å². The van der Waals surface area contributed by atoms with Crippen molar-refractivity contribution in [2.24, 2.45) is 16.5 Å². The summed E-state index contributed by atoms with van der Waals surface area (Å²) in [5.41, 5.74) is 12.7. The van der Waals surface area contributed by atoms with Crippen molar-refractivity contribution >= 4 is 18.4 Å². The third-order valence-corrected chi connectivity index (χ3v) is 1.79. The summed E-state index contributed by atoms with van der Waals surface area (Å²) >= 11 is 0. The molecule has 0 amide bonds. The Kier molecular flexibility index (Phi) is 5.56. The Hall–Kier alpha value is -1.42. The first-order chi connectivity index (χ1) is 6.61. The second kappa shape index (κ2) is 6.14. The number of rotatable bonds is 3. The van der Waals surface area contributed by atoms with Gasteiger partial charge in [0.2, 0.25) is 0 Å². The minimum absolute atomic E-state index is 0. The van der Waals surface area contributed by atoms with Crippen LogP contribution in [-0.4, -0.2) is 13.1 Å². The minimum Gasteiger partial charge on any atom is -0.497 e. The van der Waals surface area contributed by atoms with Gasteiger partial charge in [-0.25, -0.2) is 4.99 Å². The number of nitrogens with two attached hydrogens (primary N) is 2. The number of methoxy groups -OCH3 is 1. The predicted octanol–water partition coefficient (Wildman–Crippen LogP) is 1.20. The average Bonchev–Trinajstić information content (AvgIpc) is 2.14. The second-order valence-electron chi connectivity index (χ2n) is 3.10. The van der Waals surface area contributed by atoms with Crippen LogP contribution in [0.25, 0.3) is 0 Å². The maximum absolute atomic E-state index is 5.25. The van der Waals surface area contributed by atoms with Crippen LogP contribution in [0.1, 0.15) is 11.1 Å². The summed E-state index contributed by atoms with van der Waals surface area (Å²) in [6, 6.07) is 5.90. The summed E-state index contributed by atoms with van der Waals surface area (Å²) in [4.78, 5) is 3.93. The molecule has 1 rings (SSSR count). The molecule has 0 aliphatic carbocycles. The molecule has 4 nitrogen and oxygen atoms in total. The third kappa shape index (κ3) is 4.56. The molecule has 5 heteroatoms. The van der Waals surface area contributed by atoms with Crippen LogP contribution in [0.15, 0.2) is 23.2 Å². The highest BCUT2D eigenvalue weighted by atomic mass is 35.5. The number of nitrogens with zero attached hydrogens (tertiary/aromatic N) is 1. The van der Waals surface area contributed by atoms with Crippen molar-refractivity contribution in [1.82, 2.24) is 0 Å². The van der Waals surface area contributed by atoms with E-state index in [0.717, 1.165) is 16.9 Å². The van der Waals surface area contributed by atoms with Crippen molar-refractivity contribution in [2.75, 3.05) is 7.11 Å². The largest absolute Gasteiger partial charge is 0.497 e. The van der Waals surface area contributed by atoms with Gasteiger partial charge in [-0.1, -0.05) is 6.07 Å². The Morgan fingerprint density at radius 1 is 1.33 bits per heavy atom. The van der Waals surface area contributed by atoms with Gasteiger partial charge in [-0.2, -0.15) is 0 Å². The van der Waals surface area contributed by atoms with Gasteiger partial charge in [0.15, 0.2) is 5.96 Å². The van der Waals surface area contributed by atoms with Gasteiger partial charge >= 0.3 is 0 Å². The number of hydrogen-bond acceptors (Lipinski definition) is 2. The van der Waals surface area contributed by atoms with E-state index in [1.807, 2.05) is 25.1 Å².